The summed E-state index contributed by atoms with van der Waals surface area (Å²) < 4.78 is 48.5. The van der Waals surface area contributed by atoms with Gasteiger partial charge in [0.25, 0.3) is 0 Å². The molecule has 1 aromatic rings. The molecular formula is C27H46O10. The first-order chi connectivity index (χ1) is 18.0. The van der Waals surface area contributed by atoms with E-state index in [0.29, 0.717) is 99.1 Å². The molecule has 214 valence electrons. The average molecular weight is 531 g/mol. The van der Waals surface area contributed by atoms with Crippen molar-refractivity contribution >= 4 is 5.97 Å². The fourth-order valence-electron chi connectivity index (χ4n) is 2.73. The Morgan fingerprint density at radius 3 is 1.27 bits per heavy atom. The highest BCUT2D eigenvalue weighted by atomic mass is 16.6. The second kappa shape index (κ2) is 23.5. The standard InChI is InChI=1S/C27H46O10/c1-27(2,3)37-26(28)24-36-22-20-34-18-16-32-14-12-30-10-9-29-11-13-31-15-17-33-19-21-35-23-25-7-5-4-6-8-25/h4-8H,9-24H2,1-3H3. The van der Waals surface area contributed by atoms with E-state index in [2.05, 4.69) is 0 Å². The summed E-state index contributed by atoms with van der Waals surface area (Å²) >= 11 is 0. The fraction of sp³-hybridized carbons (Fsp3) is 0.741. The Hall–Kier alpha value is -1.63. The zero-order valence-electron chi connectivity index (χ0n) is 22.8. The summed E-state index contributed by atoms with van der Waals surface area (Å²) in [5.74, 6) is -0.382. The van der Waals surface area contributed by atoms with Crippen molar-refractivity contribution in [3.63, 3.8) is 0 Å². The Morgan fingerprint density at radius 1 is 0.541 bits per heavy atom. The van der Waals surface area contributed by atoms with Gasteiger partial charge in [-0.15, -0.1) is 0 Å². The van der Waals surface area contributed by atoms with Crippen LogP contribution >= 0.6 is 0 Å². The molecule has 0 atom stereocenters. The summed E-state index contributed by atoms with van der Waals surface area (Å²) in [7, 11) is 0. The minimum atomic E-state index is -0.504. The lowest BCUT2D eigenvalue weighted by molar-refractivity contribution is -0.160. The largest absolute Gasteiger partial charge is 0.458 e. The van der Waals surface area contributed by atoms with Crippen LogP contribution in [0.25, 0.3) is 0 Å². The second-order valence-corrected chi connectivity index (χ2v) is 8.85. The van der Waals surface area contributed by atoms with E-state index >= 15 is 0 Å². The molecule has 1 aromatic carbocycles. The van der Waals surface area contributed by atoms with Crippen molar-refractivity contribution in [3.05, 3.63) is 35.9 Å². The highest BCUT2D eigenvalue weighted by molar-refractivity contribution is 5.71. The van der Waals surface area contributed by atoms with Crippen molar-refractivity contribution in [1.29, 1.82) is 0 Å². The van der Waals surface area contributed by atoms with Crippen molar-refractivity contribution in [2.75, 3.05) is 99.1 Å². The van der Waals surface area contributed by atoms with Gasteiger partial charge in [0.2, 0.25) is 0 Å². The number of hydrogen-bond donors (Lipinski definition) is 0. The van der Waals surface area contributed by atoms with Crippen LogP contribution in [-0.4, -0.2) is 111 Å². The van der Waals surface area contributed by atoms with Gasteiger partial charge in [-0.25, -0.2) is 4.79 Å². The number of esters is 1. The summed E-state index contributed by atoms with van der Waals surface area (Å²) in [6.45, 7) is 12.8. The predicted molar refractivity (Wildman–Crippen MR) is 138 cm³/mol. The van der Waals surface area contributed by atoms with Crippen LogP contribution in [0.4, 0.5) is 0 Å². The zero-order chi connectivity index (χ0) is 26.9. The third-order valence-electron chi connectivity index (χ3n) is 4.36. The number of ether oxygens (including phenoxy) is 9. The van der Waals surface area contributed by atoms with Crippen molar-refractivity contribution in [2.24, 2.45) is 0 Å². The number of carbonyl (C=O) groups excluding carboxylic acids is 1. The molecule has 0 radical (unpaired) electrons. The highest BCUT2D eigenvalue weighted by Crippen LogP contribution is 2.06. The smallest absolute Gasteiger partial charge is 0.332 e. The summed E-state index contributed by atoms with van der Waals surface area (Å²) in [6.07, 6.45) is 0. The number of carbonyl (C=O) groups is 1. The Labute approximate surface area is 221 Å². The van der Waals surface area contributed by atoms with Gasteiger partial charge >= 0.3 is 5.97 Å². The van der Waals surface area contributed by atoms with Crippen LogP contribution in [0, 0.1) is 0 Å². The maximum atomic E-state index is 11.5. The Balaban J connectivity index is 1.67. The van der Waals surface area contributed by atoms with Crippen molar-refractivity contribution < 1.29 is 47.4 Å². The minimum absolute atomic E-state index is 0.0768. The topological polar surface area (TPSA) is 100 Å². The number of hydrogen-bond acceptors (Lipinski definition) is 10. The third-order valence-corrected chi connectivity index (χ3v) is 4.36. The molecule has 0 unspecified atom stereocenters. The molecule has 10 nitrogen and oxygen atoms in total. The van der Waals surface area contributed by atoms with Crippen LogP contribution in [0.2, 0.25) is 0 Å². The quantitative estimate of drug-likeness (QED) is 0.139. The molecule has 0 saturated carbocycles. The molecule has 0 aliphatic carbocycles. The van der Waals surface area contributed by atoms with Gasteiger partial charge < -0.3 is 42.6 Å². The van der Waals surface area contributed by atoms with Crippen LogP contribution in [0.5, 0.6) is 0 Å². The van der Waals surface area contributed by atoms with Crippen molar-refractivity contribution in [3.8, 4) is 0 Å². The Bertz CT molecular complexity index is 636. The molecule has 0 N–H and O–H groups in total. The lowest BCUT2D eigenvalue weighted by Gasteiger charge is -2.19. The van der Waals surface area contributed by atoms with Gasteiger partial charge in [-0.05, 0) is 26.3 Å². The van der Waals surface area contributed by atoms with E-state index in [1.54, 1.807) is 0 Å². The van der Waals surface area contributed by atoms with Crippen LogP contribution in [0.1, 0.15) is 26.3 Å². The average Bonchev–Trinajstić information content (AvgIpc) is 2.86. The van der Waals surface area contributed by atoms with Gasteiger partial charge in [-0.3, -0.25) is 0 Å². The molecule has 1 rings (SSSR count). The SMILES string of the molecule is CC(C)(C)OC(=O)COCCOCCOCCOCCOCCOCCOCCOCc1ccccc1. The highest BCUT2D eigenvalue weighted by Gasteiger charge is 2.15. The Kier molecular flexibility index (Phi) is 21.2. The molecule has 0 heterocycles. The maximum Gasteiger partial charge on any atom is 0.332 e. The minimum Gasteiger partial charge on any atom is -0.458 e. The van der Waals surface area contributed by atoms with Crippen LogP contribution in [0.15, 0.2) is 30.3 Å². The van der Waals surface area contributed by atoms with Crippen LogP contribution < -0.4 is 0 Å². The lowest BCUT2D eigenvalue weighted by atomic mass is 10.2. The molecule has 0 bridgehead atoms. The molecule has 0 aliphatic rings. The zero-order valence-corrected chi connectivity index (χ0v) is 22.8. The van der Waals surface area contributed by atoms with E-state index in [9.17, 15) is 4.79 Å². The van der Waals surface area contributed by atoms with E-state index in [1.807, 2.05) is 51.1 Å². The van der Waals surface area contributed by atoms with E-state index in [4.69, 9.17) is 42.6 Å². The molecular weight excluding hydrogens is 484 g/mol. The Morgan fingerprint density at radius 2 is 0.892 bits per heavy atom. The molecule has 0 amide bonds. The van der Waals surface area contributed by atoms with Crippen LogP contribution in [0.3, 0.4) is 0 Å². The summed E-state index contributed by atoms with van der Waals surface area (Å²) in [5.41, 5.74) is 0.652. The van der Waals surface area contributed by atoms with Gasteiger partial charge in [-0.2, -0.15) is 0 Å². The summed E-state index contributed by atoms with van der Waals surface area (Å²) in [5, 5.41) is 0. The molecule has 0 aromatic heterocycles. The van der Waals surface area contributed by atoms with Crippen LogP contribution in [-0.2, 0) is 54.0 Å². The van der Waals surface area contributed by atoms with E-state index in [-0.39, 0.29) is 12.6 Å². The third kappa shape index (κ3) is 24.5. The lowest BCUT2D eigenvalue weighted by Crippen LogP contribution is -2.27. The first-order valence-corrected chi connectivity index (χ1v) is 12.8. The summed E-state index contributed by atoms with van der Waals surface area (Å²) in [6, 6.07) is 10.1. The van der Waals surface area contributed by atoms with Gasteiger partial charge in [0, 0.05) is 0 Å². The first kappa shape index (κ1) is 33.4. The number of rotatable bonds is 25. The van der Waals surface area contributed by atoms with Gasteiger partial charge in [0.05, 0.1) is 99.1 Å². The fourth-order valence-corrected chi connectivity index (χ4v) is 2.73. The monoisotopic (exact) mass is 530 g/mol. The summed E-state index contributed by atoms with van der Waals surface area (Å²) in [4.78, 5) is 11.5. The second-order valence-electron chi connectivity index (χ2n) is 8.85. The maximum absolute atomic E-state index is 11.5. The number of benzene rings is 1. The molecule has 0 fully saturated rings. The van der Waals surface area contributed by atoms with Gasteiger partial charge in [-0.1, -0.05) is 30.3 Å². The van der Waals surface area contributed by atoms with Gasteiger partial charge in [0.1, 0.15) is 12.2 Å². The predicted octanol–water partition coefficient (Wildman–Crippen LogP) is 2.66. The van der Waals surface area contributed by atoms with Crippen molar-refractivity contribution in [2.45, 2.75) is 33.0 Å². The molecule has 10 heteroatoms. The van der Waals surface area contributed by atoms with Crippen molar-refractivity contribution in [1.82, 2.24) is 0 Å². The molecule has 0 spiro atoms. The van der Waals surface area contributed by atoms with E-state index in [1.165, 1.54) is 0 Å². The van der Waals surface area contributed by atoms with E-state index in [0.717, 1.165) is 5.56 Å². The normalized spacial score (nSPS) is 11.6. The molecule has 0 saturated heterocycles. The molecule has 37 heavy (non-hydrogen) atoms. The molecule has 0 aliphatic heterocycles. The van der Waals surface area contributed by atoms with E-state index < -0.39 is 5.60 Å². The van der Waals surface area contributed by atoms with Gasteiger partial charge in [0.15, 0.2) is 0 Å². The first-order valence-electron chi connectivity index (χ1n) is 12.8.